The lowest BCUT2D eigenvalue weighted by Crippen LogP contribution is -2.12. The zero-order valence-corrected chi connectivity index (χ0v) is 23.1. The van der Waals surface area contributed by atoms with E-state index in [0.717, 1.165) is 0 Å². The monoisotopic (exact) mass is 488 g/mol. The number of hydrogen-bond acceptors (Lipinski definition) is 0. The summed E-state index contributed by atoms with van der Waals surface area (Å²) in [6, 6.07) is 32.7. The lowest BCUT2D eigenvalue weighted by Gasteiger charge is -2.22. The quantitative estimate of drug-likeness (QED) is 0.199. The van der Waals surface area contributed by atoms with Gasteiger partial charge in [-0.2, -0.15) is 0 Å². The molecule has 0 heteroatoms. The minimum Gasteiger partial charge on any atom is -0.0616 e. The Morgan fingerprint density at radius 3 is 1.29 bits per heavy atom. The zero-order valence-electron chi connectivity index (χ0n) is 23.1. The molecule has 0 unspecified atom stereocenters. The van der Waals surface area contributed by atoms with E-state index >= 15 is 0 Å². The van der Waals surface area contributed by atoms with Crippen molar-refractivity contribution in [2.75, 3.05) is 0 Å². The normalized spacial score (nSPS) is 13.5. The van der Waals surface area contributed by atoms with Gasteiger partial charge in [-0.05, 0) is 122 Å². The van der Waals surface area contributed by atoms with Gasteiger partial charge in [0.1, 0.15) is 0 Å². The van der Waals surface area contributed by atoms with Gasteiger partial charge in [-0.3, -0.25) is 0 Å². The molecule has 0 fully saturated rings. The first-order valence-electron chi connectivity index (χ1n) is 13.9. The molecule has 0 aliphatic carbocycles. The van der Waals surface area contributed by atoms with E-state index in [1.807, 2.05) is 0 Å². The van der Waals surface area contributed by atoms with Crippen LogP contribution < -0.4 is 0 Å². The lowest BCUT2D eigenvalue weighted by atomic mass is 9.82. The molecule has 0 aliphatic rings. The van der Waals surface area contributed by atoms with Gasteiger partial charge in [-0.25, -0.2) is 0 Å². The Hall–Kier alpha value is -3.90. The molecule has 8 rings (SSSR count). The maximum Gasteiger partial charge on any atom is -0.000730 e. The van der Waals surface area contributed by atoms with Crippen LogP contribution in [0.3, 0.4) is 0 Å². The van der Waals surface area contributed by atoms with Crippen molar-refractivity contribution in [3.8, 4) is 0 Å². The Morgan fingerprint density at radius 1 is 0.342 bits per heavy atom. The number of hydrogen-bond donors (Lipinski definition) is 0. The number of fused-ring (bicyclic) bond motifs is 12. The first kappa shape index (κ1) is 22.1. The Bertz CT molecular complexity index is 2220. The molecule has 184 valence electrons. The van der Waals surface area contributed by atoms with E-state index < -0.39 is 0 Å². The second kappa shape index (κ2) is 6.94. The van der Waals surface area contributed by atoms with Crippen molar-refractivity contribution >= 4 is 75.4 Å². The van der Waals surface area contributed by atoms with Gasteiger partial charge in [0.05, 0.1) is 0 Å². The molecule has 0 saturated carbocycles. The Kier molecular flexibility index (Phi) is 4.04. The highest BCUT2D eigenvalue weighted by molar-refractivity contribution is 6.48. The molecule has 0 atom stereocenters. The largest absolute Gasteiger partial charge is 0.0616 e. The third-order valence-electron chi connectivity index (χ3n) is 8.96. The van der Waals surface area contributed by atoms with Gasteiger partial charge in [0.25, 0.3) is 0 Å². The highest BCUT2D eigenvalue weighted by atomic mass is 14.3. The van der Waals surface area contributed by atoms with E-state index in [1.54, 1.807) is 0 Å². The van der Waals surface area contributed by atoms with Crippen LogP contribution in [0, 0.1) is 0 Å². The zero-order chi connectivity index (χ0) is 26.1. The molecule has 0 amide bonds. The summed E-state index contributed by atoms with van der Waals surface area (Å²) in [4.78, 5) is 0. The van der Waals surface area contributed by atoms with Crippen molar-refractivity contribution in [1.82, 2.24) is 0 Å². The van der Waals surface area contributed by atoms with Crippen molar-refractivity contribution in [3.63, 3.8) is 0 Å². The molecule has 8 aromatic carbocycles. The van der Waals surface area contributed by atoms with Gasteiger partial charge in [0, 0.05) is 0 Å². The van der Waals surface area contributed by atoms with E-state index in [1.165, 1.54) is 86.5 Å². The van der Waals surface area contributed by atoms with Crippen LogP contribution in [0.2, 0.25) is 0 Å². The summed E-state index contributed by atoms with van der Waals surface area (Å²) < 4.78 is 0. The Labute approximate surface area is 223 Å². The van der Waals surface area contributed by atoms with Gasteiger partial charge in [-0.1, -0.05) is 102 Å². The van der Waals surface area contributed by atoms with E-state index in [0.29, 0.717) is 0 Å². The average molecular weight is 489 g/mol. The number of benzene rings is 5. The van der Waals surface area contributed by atoms with Gasteiger partial charge in [0.15, 0.2) is 0 Å². The van der Waals surface area contributed by atoms with Gasteiger partial charge in [-0.15, -0.1) is 0 Å². The van der Waals surface area contributed by atoms with Crippen LogP contribution in [-0.2, 0) is 10.8 Å². The van der Waals surface area contributed by atoms with Gasteiger partial charge >= 0.3 is 0 Å². The molecule has 38 heavy (non-hydrogen) atoms. The molecule has 0 N–H and O–H groups in total. The van der Waals surface area contributed by atoms with Crippen LogP contribution in [0.5, 0.6) is 0 Å². The highest BCUT2D eigenvalue weighted by Crippen LogP contribution is 2.52. The fraction of sp³-hybridized carbons (Fsp3) is 0.211. The van der Waals surface area contributed by atoms with E-state index in [9.17, 15) is 0 Å². The maximum atomic E-state index is 2.50. The van der Waals surface area contributed by atoms with Crippen molar-refractivity contribution < 1.29 is 0 Å². The first-order valence-corrected chi connectivity index (χ1v) is 13.9. The topological polar surface area (TPSA) is 0 Å². The number of rotatable bonds is 0. The Morgan fingerprint density at radius 2 is 0.763 bits per heavy atom. The molecule has 0 nitrogen and oxygen atoms in total. The van der Waals surface area contributed by atoms with Gasteiger partial charge < -0.3 is 0 Å². The fourth-order valence-corrected chi connectivity index (χ4v) is 6.99. The summed E-state index contributed by atoms with van der Waals surface area (Å²) in [5.74, 6) is 0. The molecular formula is C38H32. The summed E-state index contributed by atoms with van der Waals surface area (Å²) in [7, 11) is 0. The van der Waals surface area contributed by atoms with Crippen molar-refractivity contribution in [2.24, 2.45) is 0 Å². The van der Waals surface area contributed by atoms with Crippen molar-refractivity contribution in [2.45, 2.75) is 52.4 Å². The Balaban J connectivity index is 1.78. The molecule has 0 spiro atoms. The van der Waals surface area contributed by atoms with Crippen LogP contribution >= 0.6 is 0 Å². The van der Waals surface area contributed by atoms with Crippen LogP contribution in [-0.4, -0.2) is 0 Å². The van der Waals surface area contributed by atoms with Crippen LogP contribution in [0.1, 0.15) is 52.7 Å². The second-order valence-electron chi connectivity index (χ2n) is 13.4. The molecule has 0 aliphatic heterocycles. The summed E-state index contributed by atoms with van der Waals surface area (Å²) in [5, 5.41) is 19.5. The third kappa shape index (κ3) is 2.76. The first-order chi connectivity index (χ1) is 18.1. The predicted octanol–water partition coefficient (Wildman–Crippen LogP) is 11.2. The van der Waals surface area contributed by atoms with E-state index in [4.69, 9.17) is 0 Å². The summed E-state index contributed by atoms with van der Waals surface area (Å²) in [6.45, 7) is 14.0. The SMILES string of the molecule is CC(C)(C)c1cc2cc(C(C)(C)C)cc3c2c(c1)c1c2cc4ccccc4c2c2cc4ccccc4c2c31. The molecule has 0 heterocycles. The average Bonchev–Trinajstić information content (AvgIpc) is 3.53. The van der Waals surface area contributed by atoms with E-state index in [-0.39, 0.29) is 10.8 Å². The summed E-state index contributed by atoms with van der Waals surface area (Å²) >= 11 is 0. The second-order valence-corrected chi connectivity index (χ2v) is 13.4. The van der Waals surface area contributed by atoms with Crippen LogP contribution in [0.25, 0.3) is 75.4 Å². The standard InChI is InChI=1S/C38H32/c1-37(2,3)24-15-23-16-25(38(4,5)6)20-31-32(23)30(19-24)35-29-17-21-11-7-9-13-26(21)33(29)28-18-22-12-8-10-14-27(22)34(28)36(31)35/h7-20H,1-6H3. The molecule has 0 radical (unpaired) electrons. The molecule has 0 aromatic heterocycles. The molecule has 8 aromatic rings. The fourth-order valence-electron chi connectivity index (χ4n) is 6.99. The minimum atomic E-state index is 0.0671. The minimum absolute atomic E-state index is 0.0671. The van der Waals surface area contributed by atoms with Crippen LogP contribution in [0.4, 0.5) is 0 Å². The predicted molar refractivity (Wildman–Crippen MR) is 169 cm³/mol. The summed E-state index contributed by atoms with van der Waals surface area (Å²) in [5.41, 5.74) is 2.94. The maximum absolute atomic E-state index is 2.50. The van der Waals surface area contributed by atoms with E-state index in [2.05, 4.69) is 126 Å². The van der Waals surface area contributed by atoms with Crippen molar-refractivity contribution in [3.05, 3.63) is 96.1 Å². The van der Waals surface area contributed by atoms with Gasteiger partial charge in [0.2, 0.25) is 0 Å². The van der Waals surface area contributed by atoms with Crippen LogP contribution in [0.15, 0.2) is 84.9 Å². The lowest BCUT2D eigenvalue weighted by molar-refractivity contribution is 0.590. The van der Waals surface area contributed by atoms with Crippen molar-refractivity contribution in [1.29, 1.82) is 0 Å². The molecule has 0 bridgehead atoms. The smallest absolute Gasteiger partial charge is 0.000730 e. The highest BCUT2D eigenvalue weighted by Gasteiger charge is 2.26. The summed E-state index contributed by atoms with van der Waals surface area (Å²) in [6.07, 6.45) is 0. The molecule has 0 saturated heterocycles. The molecular weight excluding hydrogens is 456 g/mol. The third-order valence-corrected chi connectivity index (χ3v) is 8.96.